The van der Waals surface area contributed by atoms with Gasteiger partial charge in [-0.2, -0.15) is 5.10 Å². The zero-order chi connectivity index (χ0) is 23.4. The number of sulfone groups is 1. The highest BCUT2D eigenvalue weighted by molar-refractivity contribution is 7.90. The predicted octanol–water partition coefficient (Wildman–Crippen LogP) is 3.72. The van der Waals surface area contributed by atoms with E-state index in [1.165, 1.54) is 11.8 Å². The van der Waals surface area contributed by atoms with Gasteiger partial charge in [-0.05, 0) is 62.1 Å². The summed E-state index contributed by atoms with van der Waals surface area (Å²) < 4.78 is 25.4. The van der Waals surface area contributed by atoms with Crippen molar-refractivity contribution in [1.82, 2.24) is 20.0 Å². The van der Waals surface area contributed by atoms with Crippen LogP contribution >= 0.6 is 0 Å². The molecule has 0 unspecified atom stereocenters. The zero-order valence-electron chi connectivity index (χ0n) is 19.1. The van der Waals surface area contributed by atoms with Gasteiger partial charge in [0.1, 0.15) is 0 Å². The lowest BCUT2D eigenvalue weighted by molar-refractivity contribution is 0.181. The fraction of sp³-hybridized carbons (Fsp3) is 0.360. The molecule has 33 heavy (non-hydrogen) atoms. The van der Waals surface area contributed by atoms with Crippen molar-refractivity contribution < 1.29 is 13.2 Å². The second-order valence-corrected chi connectivity index (χ2v) is 10.6. The third-order valence-corrected chi connectivity index (χ3v) is 7.23. The lowest BCUT2D eigenvalue weighted by atomic mass is 9.93. The number of carbonyl (C=O) groups is 1. The highest BCUT2D eigenvalue weighted by Crippen LogP contribution is 2.30. The number of benzene rings is 2. The monoisotopic (exact) mass is 466 g/mol. The lowest BCUT2D eigenvalue weighted by Crippen LogP contribution is -2.44. The first-order valence-electron chi connectivity index (χ1n) is 11.2. The number of aromatic nitrogens is 2. The summed E-state index contributed by atoms with van der Waals surface area (Å²) in [6.45, 7) is 3.97. The molecule has 2 aromatic carbocycles. The number of likely N-dealkylation sites (tertiary alicyclic amines) is 1. The van der Waals surface area contributed by atoms with Gasteiger partial charge in [0.15, 0.2) is 9.84 Å². The van der Waals surface area contributed by atoms with E-state index in [1.54, 1.807) is 24.3 Å². The summed E-state index contributed by atoms with van der Waals surface area (Å²) >= 11 is 0. The standard InChI is InChI=1S/C25H30N4O3S/c1-19-18-24(29(27-19)22-8-10-23(11-9-22)33(2,31)32)21-13-16-28(17-14-21)25(30)26-15-12-20-6-4-3-5-7-20/h3-11,18,21H,12-17H2,1-2H3,(H,26,30). The summed E-state index contributed by atoms with van der Waals surface area (Å²) in [6, 6.07) is 19.0. The van der Waals surface area contributed by atoms with Crippen LogP contribution < -0.4 is 5.32 Å². The van der Waals surface area contributed by atoms with Crippen LogP contribution in [0.1, 0.15) is 35.7 Å². The Morgan fingerprint density at radius 1 is 1.06 bits per heavy atom. The summed E-state index contributed by atoms with van der Waals surface area (Å²) in [6.07, 6.45) is 3.74. The van der Waals surface area contributed by atoms with Crippen molar-refractivity contribution in [3.8, 4) is 5.69 Å². The first kappa shape index (κ1) is 23.0. The molecule has 1 aliphatic heterocycles. The molecule has 2 amide bonds. The van der Waals surface area contributed by atoms with Gasteiger partial charge in [-0.25, -0.2) is 17.9 Å². The molecule has 0 bridgehead atoms. The minimum Gasteiger partial charge on any atom is -0.338 e. The molecular weight excluding hydrogens is 436 g/mol. The van der Waals surface area contributed by atoms with E-state index in [2.05, 4.69) is 28.6 Å². The van der Waals surface area contributed by atoms with Crippen LogP contribution in [0.15, 0.2) is 65.6 Å². The van der Waals surface area contributed by atoms with Gasteiger partial charge in [0.25, 0.3) is 0 Å². The molecule has 0 saturated carbocycles. The maximum Gasteiger partial charge on any atom is 0.317 e. The number of carbonyl (C=O) groups excluding carboxylic acids is 1. The Hall–Kier alpha value is -3.13. The number of urea groups is 1. The van der Waals surface area contributed by atoms with E-state index in [-0.39, 0.29) is 11.9 Å². The number of nitrogens with zero attached hydrogens (tertiary/aromatic N) is 3. The first-order valence-corrected chi connectivity index (χ1v) is 13.1. The fourth-order valence-electron chi connectivity index (χ4n) is 4.30. The molecule has 174 valence electrons. The van der Waals surface area contributed by atoms with E-state index in [0.29, 0.717) is 24.5 Å². The highest BCUT2D eigenvalue weighted by atomic mass is 32.2. The molecule has 0 spiro atoms. The third-order valence-electron chi connectivity index (χ3n) is 6.10. The van der Waals surface area contributed by atoms with Crippen LogP contribution in [0.3, 0.4) is 0 Å². The molecule has 2 heterocycles. The number of aryl methyl sites for hydroxylation is 1. The van der Waals surface area contributed by atoms with Crippen LogP contribution in [0.4, 0.5) is 4.79 Å². The van der Waals surface area contributed by atoms with Gasteiger partial charge in [-0.15, -0.1) is 0 Å². The molecule has 8 heteroatoms. The topological polar surface area (TPSA) is 84.3 Å². The Morgan fingerprint density at radius 3 is 2.36 bits per heavy atom. The number of piperidine rings is 1. The van der Waals surface area contributed by atoms with Crippen LogP contribution in [-0.4, -0.2) is 55.0 Å². The normalized spacial score (nSPS) is 14.9. The van der Waals surface area contributed by atoms with Crippen molar-refractivity contribution in [2.75, 3.05) is 25.9 Å². The Bertz CT molecular complexity index is 1200. The summed E-state index contributed by atoms with van der Waals surface area (Å²) in [7, 11) is -3.24. The van der Waals surface area contributed by atoms with Crippen LogP contribution in [-0.2, 0) is 16.3 Å². The van der Waals surface area contributed by atoms with Crippen molar-refractivity contribution in [2.45, 2.75) is 37.0 Å². The molecular formula is C25H30N4O3S. The molecule has 1 aliphatic rings. The number of hydrogen-bond donors (Lipinski definition) is 1. The van der Waals surface area contributed by atoms with Gasteiger partial charge in [-0.1, -0.05) is 30.3 Å². The molecule has 4 rings (SSSR count). The fourth-order valence-corrected chi connectivity index (χ4v) is 4.93. The average Bonchev–Trinajstić information content (AvgIpc) is 3.21. The largest absolute Gasteiger partial charge is 0.338 e. The second-order valence-electron chi connectivity index (χ2n) is 8.62. The van der Waals surface area contributed by atoms with E-state index in [0.717, 1.165) is 36.3 Å². The Labute approximate surface area is 195 Å². The van der Waals surface area contributed by atoms with Crippen LogP contribution in [0.2, 0.25) is 0 Å². The molecule has 0 aliphatic carbocycles. The highest BCUT2D eigenvalue weighted by Gasteiger charge is 2.26. The molecule has 1 aromatic heterocycles. The maximum atomic E-state index is 12.6. The number of hydrogen-bond acceptors (Lipinski definition) is 4. The van der Waals surface area contributed by atoms with Crippen LogP contribution in [0.5, 0.6) is 0 Å². The molecule has 0 atom stereocenters. The molecule has 3 aromatic rings. The van der Waals surface area contributed by atoms with Gasteiger partial charge in [-0.3, -0.25) is 0 Å². The van der Waals surface area contributed by atoms with E-state index >= 15 is 0 Å². The minimum atomic E-state index is -3.24. The molecule has 7 nitrogen and oxygen atoms in total. The SMILES string of the molecule is Cc1cc(C2CCN(C(=O)NCCc3ccccc3)CC2)n(-c2ccc(S(C)(=O)=O)cc2)n1. The Morgan fingerprint density at radius 2 is 1.73 bits per heavy atom. The minimum absolute atomic E-state index is 0.00886. The third kappa shape index (κ3) is 5.63. The van der Waals surface area contributed by atoms with E-state index < -0.39 is 9.84 Å². The molecule has 1 fully saturated rings. The van der Waals surface area contributed by atoms with Crippen molar-refractivity contribution in [1.29, 1.82) is 0 Å². The quantitative estimate of drug-likeness (QED) is 0.600. The molecule has 0 radical (unpaired) electrons. The summed E-state index contributed by atoms with van der Waals surface area (Å²) in [5, 5.41) is 7.68. The summed E-state index contributed by atoms with van der Waals surface area (Å²) in [5.74, 6) is 0.286. The second kappa shape index (κ2) is 9.79. The molecule has 1 saturated heterocycles. The van der Waals surface area contributed by atoms with Crippen molar-refractivity contribution in [3.05, 3.63) is 77.6 Å². The Balaban J connectivity index is 1.36. The number of rotatable bonds is 6. The van der Waals surface area contributed by atoms with Crippen molar-refractivity contribution in [2.24, 2.45) is 0 Å². The van der Waals surface area contributed by atoms with Gasteiger partial charge in [0.2, 0.25) is 0 Å². The molecule has 1 N–H and O–H groups in total. The van der Waals surface area contributed by atoms with Crippen molar-refractivity contribution in [3.63, 3.8) is 0 Å². The smallest absolute Gasteiger partial charge is 0.317 e. The van der Waals surface area contributed by atoms with E-state index in [4.69, 9.17) is 0 Å². The van der Waals surface area contributed by atoms with Gasteiger partial charge >= 0.3 is 6.03 Å². The number of nitrogens with one attached hydrogen (secondary N) is 1. The predicted molar refractivity (Wildman–Crippen MR) is 129 cm³/mol. The zero-order valence-corrected chi connectivity index (χ0v) is 19.9. The maximum absolute atomic E-state index is 12.6. The Kier molecular flexibility index (Phi) is 6.83. The lowest BCUT2D eigenvalue weighted by Gasteiger charge is -2.32. The first-order chi connectivity index (χ1) is 15.8. The van der Waals surface area contributed by atoms with Gasteiger partial charge in [0.05, 0.1) is 16.3 Å². The van der Waals surface area contributed by atoms with E-state index in [1.807, 2.05) is 34.7 Å². The van der Waals surface area contributed by atoms with E-state index in [9.17, 15) is 13.2 Å². The summed E-state index contributed by atoms with van der Waals surface area (Å²) in [4.78, 5) is 14.8. The van der Waals surface area contributed by atoms with Gasteiger partial charge < -0.3 is 10.2 Å². The van der Waals surface area contributed by atoms with Crippen LogP contribution in [0.25, 0.3) is 5.69 Å². The van der Waals surface area contributed by atoms with Crippen molar-refractivity contribution >= 4 is 15.9 Å². The average molecular weight is 467 g/mol. The van der Waals surface area contributed by atoms with Crippen LogP contribution in [0, 0.1) is 6.92 Å². The number of amides is 2. The van der Waals surface area contributed by atoms with Gasteiger partial charge in [0, 0.05) is 37.5 Å². The summed E-state index contributed by atoms with van der Waals surface area (Å²) in [5.41, 5.74) is 4.07.